The molecule has 1 aromatic carbocycles. The lowest BCUT2D eigenvalue weighted by Crippen LogP contribution is -2.38. The van der Waals surface area contributed by atoms with Crippen molar-refractivity contribution in [1.29, 1.82) is 0 Å². The molecular weight excluding hydrogens is 222 g/mol. The summed E-state index contributed by atoms with van der Waals surface area (Å²) in [5, 5.41) is 13.2. The maximum atomic E-state index is 9.30. The van der Waals surface area contributed by atoms with Crippen molar-refractivity contribution in [3.05, 3.63) is 28.8 Å². The zero-order valence-corrected chi connectivity index (χ0v) is 10.9. The molecule has 0 aliphatic rings. The Kier molecular flexibility index (Phi) is 4.63. The molecular formula is C13H20ClNO. The Labute approximate surface area is 103 Å². The van der Waals surface area contributed by atoms with Crippen LogP contribution in [0.4, 0.5) is 0 Å². The van der Waals surface area contributed by atoms with Gasteiger partial charge in [-0.3, -0.25) is 0 Å². The minimum atomic E-state index is 0.137. The Balaban J connectivity index is 2.57. The van der Waals surface area contributed by atoms with E-state index >= 15 is 0 Å². The number of phenols is 1. The first-order chi connectivity index (χ1) is 7.44. The molecule has 2 nitrogen and oxygen atoms in total. The van der Waals surface area contributed by atoms with E-state index < -0.39 is 0 Å². The van der Waals surface area contributed by atoms with Crippen molar-refractivity contribution >= 4 is 11.6 Å². The van der Waals surface area contributed by atoms with Crippen LogP contribution in [-0.4, -0.2) is 10.6 Å². The lowest BCUT2D eigenvalue weighted by atomic mass is 9.98. The molecule has 90 valence electrons. The fourth-order valence-corrected chi connectivity index (χ4v) is 1.92. The van der Waals surface area contributed by atoms with E-state index in [0.717, 1.165) is 24.9 Å². The smallest absolute Gasteiger partial charge is 0.134 e. The highest BCUT2D eigenvalue weighted by Crippen LogP contribution is 2.24. The van der Waals surface area contributed by atoms with Crippen LogP contribution in [0.1, 0.15) is 39.2 Å². The van der Waals surface area contributed by atoms with Crippen LogP contribution in [0.2, 0.25) is 5.02 Å². The minimum Gasteiger partial charge on any atom is -0.506 e. The summed E-state index contributed by atoms with van der Waals surface area (Å²) >= 11 is 5.85. The minimum absolute atomic E-state index is 0.137. The zero-order chi connectivity index (χ0) is 12.2. The summed E-state index contributed by atoms with van der Waals surface area (Å²) in [6, 6.07) is 5.31. The van der Waals surface area contributed by atoms with Crippen molar-refractivity contribution in [2.75, 3.05) is 0 Å². The molecule has 3 heteroatoms. The van der Waals surface area contributed by atoms with Gasteiger partial charge < -0.3 is 10.4 Å². The highest BCUT2D eigenvalue weighted by molar-refractivity contribution is 6.32. The lowest BCUT2D eigenvalue weighted by molar-refractivity contribution is 0.357. The largest absolute Gasteiger partial charge is 0.506 e. The molecule has 0 unspecified atom stereocenters. The highest BCUT2D eigenvalue weighted by Gasteiger charge is 2.15. The van der Waals surface area contributed by atoms with Crippen LogP contribution in [0.25, 0.3) is 0 Å². The van der Waals surface area contributed by atoms with Gasteiger partial charge in [-0.25, -0.2) is 0 Å². The summed E-state index contributed by atoms with van der Waals surface area (Å²) in [6.07, 6.45) is 2.30. The molecule has 0 atom stereocenters. The standard InChI is InChI=1S/C13H20ClNO/c1-4-7-13(2,3)15-9-10-5-6-12(16)11(14)8-10/h5-6,8,15-16H,4,7,9H2,1-3H3. The molecule has 0 saturated carbocycles. The monoisotopic (exact) mass is 241 g/mol. The summed E-state index contributed by atoms with van der Waals surface area (Å²) in [6.45, 7) is 7.34. The third-order valence-corrected chi connectivity index (χ3v) is 2.96. The molecule has 0 aliphatic carbocycles. The van der Waals surface area contributed by atoms with Gasteiger partial charge in [-0.05, 0) is 38.0 Å². The number of aromatic hydroxyl groups is 1. The van der Waals surface area contributed by atoms with Crippen LogP contribution in [0.5, 0.6) is 5.75 Å². The Bertz CT molecular complexity index is 350. The fraction of sp³-hybridized carbons (Fsp3) is 0.538. The first-order valence-electron chi connectivity index (χ1n) is 5.67. The van der Waals surface area contributed by atoms with Crippen LogP contribution in [0, 0.1) is 0 Å². The Hall–Kier alpha value is -0.730. The van der Waals surface area contributed by atoms with Gasteiger partial charge in [-0.2, -0.15) is 0 Å². The number of hydrogen-bond donors (Lipinski definition) is 2. The first kappa shape index (κ1) is 13.3. The maximum absolute atomic E-state index is 9.30. The molecule has 0 radical (unpaired) electrons. The Morgan fingerprint density at radius 1 is 1.38 bits per heavy atom. The van der Waals surface area contributed by atoms with Gasteiger partial charge in [0, 0.05) is 12.1 Å². The van der Waals surface area contributed by atoms with Crippen LogP contribution >= 0.6 is 11.6 Å². The van der Waals surface area contributed by atoms with Gasteiger partial charge in [0.1, 0.15) is 5.75 Å². The zero-order valence-electron chi connectivity index (χ0n) is 10.2. The third-order valence-electron chi connectivity index (χ3n) is 2.66. The molecule has 0 aliphatic heterocycles. The number of hydrogen-bond acceptors (Lipinski definition) is 2. The lowest BCUT2D eigenvalue weighted by Gasteiger charge is -2.26. The predicted octanol–water partition coefficient (Wildman–Crippen LogP) is 3.71. The quantitative estimate of drug-likeness (QED) is 0.824. The number of phenolic OH excluding ortho intramolecular Hbond substituents is 1. The molecule has 16 heavy (non-hydrogen) atoms. The summed E-state index contributed by atoms with van der Waals surface area (Å²) < 4.78 is 0. The summed E-state index contributed by atoms with van der Waals surface area (Å²) in [7, 11) is 0. The van der Waals surface area contributed by atoms with Crippen LogP contribution in [0.3, 0.4) is 0 Å². The van der Waals surface area contributed by atoms with Crippen molar-refractivity contribution in [3.63, 3.8) is 0 Å². The van der Waals surface area contributed by atoms with E-state index in [1.165, 1.54) is 0 Å². The van der Waals surface area contributed by atoms with Crippen molar-refractivity contribution in [2.24, 2.45) is 0 Å². The van der Waals surface area contributed by atoms with Gasteiger partial charge in [0.25, 0.3) is 0 Å². The number of nitrogens with one attached hydrogen (secondary N) is 1. The van der Waals surface area contributed by atoms with Crippen LogP contribution < -0.4 is 5.32 Å². The van der Waals surface area contributed by atoms with Gasteiger partial charge in [0.05, 0.1) is 5.02 Å². The fourth-order valence-electron chi connectivity index (χ4n) is 1.72. The molecule has 2 N–H and O–H groups in total. The molecule has 0 amide bonds. The highest BCUT2D eigenvalue weighted by atomic mass is 35.5. The van der Waals surface area contributed by atoms with E-state index in [2.05, 4.69) is 26.1 Å². The van der Waals surface area contributed by atoms with Crippen molar-refractivity contribution in [1.82, 2.24) is 5.32 Å². The third kappa shape index (κ3) is 4.03. The second kappa shape index (κ2) is 5.55. The van der Waals surface area contributed by atoms with E-state index in [1.807, 2.05) is 6.07 Å². The maximum Gasteiger partial charge on any atom is 0.134 e. The van der Waals surface area contributed by atoms with Gasteiger partial charge in [-0.15, -0.1) is 0 Å². The molecule has 0 heterocycles. The average molecular weight is 242 g/mol. The first-order valence-corrected chi connectivity index (χ1v) is 6.05. The van der Waals surface area contributed by atoms with Gasteiger partial charge >= 0.3 is 0 Å². The van der Waals surface area contributed by atoms with E-state index in [4.69, 9.17) is 11.6 Å². The molecule has 0 bridgehead atoms. The number of benzene rings is 1. The molecule has 1 rings (SSSR count). The summed E-state index contributed by atoms with van der Waals surface area (Å²) in [4.78, 5) is 0. The second-order valence-electron chi connectivity index (χ2n) is 4.77. The van der Waals surface area contributed by atoms with Crippen molar-refractivity contribution in [2.45, 2.75) is 45.7 Å². The van der Waals surface area contributed by atoms with E-state index in [9.17, 15) is 5.11 Å². The van der Waals surface area contributed by atoms with Crippen molar-refractivity contribution < 1.29 is 5.11 Å². The van der Waals surface area contributed by atoms with E-state index in [-0.39, 0.29) is 11.3 Å². The SMILES string of the molecule is CCCC(C)(C)NCc1ccc(O)c(Cl)c1. The Morgan fingerprint density at radius 2 is 2.06 bits per heavy atom. The summed E-state index contributed by atoms with van der Waals surface area (Å²) in [5.41, 5.74) is 1.23. The van der Waals surface area contributed by atoms with E-state index in [0.29, 0.717) is 5.02 Å². The molecule has 0 aromatic heterocycles. The molecule has 0 saturated heterocycles. The van der Waals surface area contributed by atoms with Crippen LogP contribution in [-0.2, 0) is 6.54 Å². The molecule has 0 fully saturated rings. The average Bonchev–Trinajstić information content (AvgIpc) is 2.20. The van der Waals surface area contributed by atoms with Gasteiger partial charge in [0.15, 0.2) is 0 Å². The molecule has 1 aromatic rings. The number of halogens is 1. The Morgan fingerprint density at radius 3 is 2.62 bits per heavy atom. The summed E-state index contributed by atoms with van der Waals surface area (Å²) in [5.74, 6) is 0.137. The van der Waals surface area contributed by atoms with E-state index in [1.54, 1.807) is 12.1 Å². The van der Waals surface area contributed by atoms with Gasteiger partial charge in [-0.1, -0.05) is 31.0 Å². The topological polar surface area (TPSA) is 32.3 Å². The second-order valence-corrected chi connectivity index (χ2v) is 5.18. The van der Waals surface area contributed by atoms with Crippen molar-refractivity contribution in [3.8, 4) is 5.75 Å². The molecule has 0 spiro atoms. The predicted molar refractivity (Wildman–Crippen MR) is 68.9 cm³/mol. The number of rotatable bonds is 5. The van der Waals surface area contributed by atoms with Gasteiger partial charge in [0.2, 0.25) is 0 Å². The normalized spacial score (nSPS) is 11.8. The van der Waals surface area contributed by atoms with Crippen LogP contribution in [0.15, 0.2) is 18.2 Å².